The number of alkyl halides is 3. The summed E-state index contributed by atoms with van der Waals surface area (Å²) in [6.45, 7) is 2.62. The van der Waals surface area contributed by atoms with Crippen LogP contribution >= 0.6 is 0 Å². The zero-order chi connectivity index (χ0) is 32.4. The fourth-order valence-corrected chi connectivity index (χ4v) is 6.14. The van der Waals surface area contributed by atoms with Crippen LogP contribution in [-0.2, 0) is 38.2 Å². The van der Waals surface area contributed by atoms with Crippen molar-refractivity contribution in [3.8, 4) is 5.69 Å². The molecule has 44 heavy (non-hydrogen) atoms. The summed E-state index contributed by atoms with van der Waals surface area (Å²) in [4.78, 5) is 38.6. The molecule has 3 aromatic carbocycles. The molecule has 9 nitrogen and oxygen atoms in total. The molecule has 2 N–H and O–H groups in total. The number of benzene rings is 3. The van der Waals surface area contributed by atoms with Gasteiger partial charge >= 0.3 is 6.18 Å². The molecule has 1 heterocycles. The van der Waals surface area contributed by atoms with Gasteiger partial charge in [-0.15, -0.1) is 0 Å². The summed E-state index contributed by atoms with van der Waals surface area (Å²) in [6, 6.07) is 16.8. The van der Waals surface area contributed by atoms with Crippen molar-refractivity contribution < 1.29 is 35.4 Å². The number of hydrogen-bond acceptors (Lipinski definition) is 6. The maximum absolute atomic E-state index is 13.7. The lowest BCUT2D eigenvalue weighted by atomic mass is 10.1. The molecule has 0 aliphatic carbocycles. The first-order valence-corrected chi connectivity index (χ1v) is 15.9. The topological polar surface area (TPSA) is 131 Å². The molecule has 0 spiro atoms. The SMILES string of the molecule is CC(=O)Nc1ccc(S(=O)c2cc(C(=O)NCc3ccc(S(C)(=O)=O)cc3)c(=O)n(-c3cccc(C(F)(F)F)c3)c2C)cc1. The lowest BCUT2D eigenvalue weighted by Crippen LogP contribution is -2.34. The summed E-state index contributed by atoms with van der Waals surface area (Å²) < 4.78 is 78.7. The highest BCUT2D eigenvalue weighted by Crippen LogP contribution is 2.31. The van der Waals surface area contributed by atoms with Gasteiger partial charge in [0.05, 0.1) is 26.2 Å². The Bertz CT molecular complexity index is 1940. The number of aromatic nitrogens is 1. The molecule has 0 aliphatic rings. The number of amides is 2. The van der Waals surface area contributed by atoms with Gasteiger partial charge in [-0.25, -0.2) is 12.6 Å². The van der Waals surface area contributed by atoms with Crippen molar-refractivity contribution in [1.82, 2.24) is 9.88 Å². The van der Waals surface area contributed by atoms with Crippen LogP contribution in [0, 0.1) is 6.92 Å². The Kier molecular flexibility index (Phi) is 9.25. The summed E-state index contributed by atoms with van der Waals surface area (Å²) in [5.74, 6) is -1.20. The molecule has 1 unspecified atom stereocenters. The Labute approximate surface area is 253 Å². The Hall–Kier alpha value is -4.56. The number of sulfone groups is 1. The Morgan fingerprint density at radius 1 is 0.955 bits per heavy atom. The smallest absolute Gasteiger partial charge is 0.348 e. The standard InChI is InChI=1S/C30H26F3N3O6S2/c1-18-27(43(40)24-11-9-22(10-12-24)35-19(2)37)16-26(28(38)34-17-20-7-13-25(14-8-20)44(3,41)42)29(39)36(18)23-6-4-5-21(15-23)30(31,32)33/h4-16H,17H2,1-3H3,(H,34,38)(H,35,37). The predicted octanol–water partition coefficient (Wildman–Crippen LogP) is 4.62. The van der Waals surface area contributed by atoms with E-state index < -0.39 is 49.4 Å². The molecule has 1 atom stereocenters. The molecular weight excluding hydrogens is 619 g/mol. The second kappa shape index (κ2) is 12.6. The van der Waals surface area contributed by atoms with Gasteiger partial charge in [-0.2, -0.15) is 13.2 Å². The van der Waals surface area contributed by atoms with Crippen LogP contribution in [0.25, 0.3) is 5.69 Å². The van der Waals surface area contributed by atoms with Gasteiger partial charge in [-0.3, -0.25) is 19.0 Å². The van der Waals surface area contributed by atoms with Gasteiger partial charge < -0.3 is 10.6 Å². The highest BCUT2D eigenvalue weighted by Gasteiger charge is 2.31. The third-order valence-corrected chi connectivity index (χ3v) is 9.11. The highest BCUT2D eigenvalue weighted by atomic mass is 32.2. The van der Waals surface area contributed by atoms with E-state index in [1.807, 2.05) is 0 Å². The van der Waals surface area contributed by atoms with Gasteiger partial charge in [0.2, 0.25) is 5.91 Å². The second-order valence-corrected chi connectivity index (χ2v) is 13.2. The van der Waals surface area contributed by atoms with Crippen LogP contribution in [0.15, 0.2) is 98.3 Å². The number of halogens is 3. The van der Waals surface area contributed by atoms with Crippen molar-refractivity contribution in [3.63, 3.8) is 0 Å². The molecule has 230 valence electrons. The lowest BCUT2D eigenvalue weighted by Gasteiger charge is -2.18. The third kappa shape index (κ3) is 7.32. The Morgan fingerprint density at radius 3 is 2.16 bits per heavy atom. The maximum Gasteiger partial charge on any atom is 0.416 e. The van der Waals surface area contributed by atoms with E-state index in [1.54, 1.807) is 0 Å². The average Bonchev–Trinajstić information content (AvgIpc) is 2.95. The predicted molar refractivity (Wildman–Crippen MR) is 158 cm³/mol. The van der Waals surface area contributed by atoms with Crippen molar-refractivity contribution in [3.05, 3.63) is 112 Å². The summed E-state index contributed by atoms with van der Waals surface area (Å²) >= 11 is 0. The summed E-state index contributed by atoms with van der Waals surface area (Å²) in [5.41, 5.74) is -1.62. The van der Waals surface area contributed by atoms with Crippen LogP contribution in [0.3, 0.4) is 0 Å². The van der Waals surface area contributed by atoms with Gasteiger partial charge in [0.15, 0.2) is 9.84 Å². The van der Waals surface area contributed by atoms with Crippen LogP contribution in [0.5, 0.6) is 0 Å². The van der Waals surface area contributed by atoms with E-state index >= 15 is 0 Å². The van der Waals surface area contributed by atoms with Gasteiger partial charge in [0.1, 0.15) is 5.56 Å². The van der Waals surface area contributed by atoms with E-state index in [0.717, 1.165) is 35.1 Å². The molecule has 14 heteroatoms. The highest BCUT2D eigenvalue weighted by molar-refractivity contribution is 7.90. The largest absolute Gasteiger partial charge is 0.416 e. The fraction of sp³-hybridized carbons (Fsp3) is 0.167. The number of pyridine rings is 1. The van der Waals surface area contributed by atoms with Crippen molar-refractivity contribution in [1.29, 1.82) is 0 Å². The quantitative estimate of drug-likeness (QED) is 0.288. The minimum absolute atomic E-state index is 0.00283. The number of rotatable bonds is 8. The number of nitrogens with zero attached hydrogens (tertiary/aromatic N) is 1. The van der Waals surface area contributed by atoms with Crippen molar-refractivity contribution in [2.75, 3.05) is 11.6 Å². The van der Waals surface area contributed by atoms with Crippen molar-refractivity contribution >= 4 is 38.1 Å². The van der Waals surface area contributed by atoms with Gasteiger partial charge in [0.25, 0.3) is 11.5 Å². The van der Waals surface area contributed by atoms with E-state index in [2.05, 4.69) is 10.6 Å². The van der Waals surface area contributed by atoms with E-state index in [4.69, 9.17) is 0 Å². The van der Waals surface area contributed by atoms with E-state index in [9.17, 15) is 40.2 Å². The first-order chi connectivity index (χ1) is 20.6. The third-order valence-electron chi connectivity index (χ3n) is 6.47. The normalized spacial score (nSPS) is 12.4. The molecule has 0 saturated heterocycles. The van der Waals surface area contributed by atoms with E-state index in [1.165, 1.54) is 68.4 Å². The number of anilines is 1. The molecular formula is C30H26F3N3O6S2. The average molecular weight is 646 g/mol. The van der Waals surface area contributed by atoms with Gasteiger partial charge in [0, 0.05) is 41.7 Å². The van der Waals surface area contributed by atoms with Crippen LogP contribution in [0.2, 0.25) is 0 Å². The minimum atomic E-state index is -4.71. The molecule has 2 amide bonds. The first kappa shape index (κ1) is 32.4. The molecule has 0 aliphatic heterocycles. The van der Waals surface area contributed by atoms with E-state index in [-0.39, 0.29) is 38.5 Å². The molecule has 0 fully saturated rings. The summed E-state index contributed by atoms with van der Waals surface area (Å²) in [7, 11) is -5.44. The van der Waals surface area contributed by atoms with Crippen LogP contribution in [-0.4, -0.2) is 35.3 Å². The van der Waals surface area contributed by atoms with Gasteiger partial charge in [-0.05, 0) is 73.2 Å². The second-order valence-electron chi connectivity index (χ2n) is 9.77. The van der Waals surface area contributed by atoms with Gasteiger partial charge in [-0.1, -0.05) is 18.2 Å². The number of carbonyl (C=O) groups excluding carboxylic acids is 2. The minimum Gasteiger partial charge on any atom is -0.348 e. The Morgan fingerprint density at radius 2 is 1.59 bits per heavy atom. The monoisotopic (exact) mass is 645 g/mol. The van der Waals surface area contributed by atoms with Crippen LogP contribution < -0.4 is 16.2 Å². The summed E-state index contributed by atoms with van der Waals surface area (Å²) in [5, 5.41) is 5.14. The number of carbonyl (C=O) groups is 2. The Balaban J connectivity index is 1.79. The molecule has 0 saturated carbocycles. The molecule has 0 bridgehead atoms. The van der Waals surface area contributed by atoms with E-state index in [0.29, 0.717) is 11.3 Å². The number of nitrogens with one attached hydrogen (secondary N) is 2. The molecule has 1 aromatic heterocycles. The fourth-order valence-electron chi connectivity index (χ4n) is 4.29. The maximum atomic E-state index is 13.7. The van der Waals surface area contributed by atoms with Crippen LogP contribution in [0.4, 0.5) is 18.9 Å². The molecule has 0 radical (unpaired) electrons. The lowest BCUT2D eigenvalue weighted by molar-refractivity contribution is -0.137. The van der Waals surface area contributed by atoms with Crippen LogP contribution in [0.1, 0.15) is 34.1 Å². The van der Waals surface area contributed by atoms with Crippen molar-refractivity contribution in [2.24, 2.45) is 0 Å². The van der Waals surface area contributed by atoms with Crippen molar-refractivity contribution in [2.45, 2.75) is 41.3 Å². The summed E-state index contributed by atoms with van der Waals surface area (Å²) in [6.07, 6.45) is -3.66. The molecule has 4 rings (SSSR count). The molecule has 4 aromatic rings. The number of hydrogen-bond donors (Lipinski definition) is 2. The zero-order valence-corrected chi connectivity index (χ0v) is 25.2. The first-order valence-electron chi connectivity index (χ1n) is 12.9. The zero-order valence-electron chi connectivity index (χ0n) is 23.6.